The molecular formula is C21H24N2O7. The molecule has 1 amide bonds. The quantitative estimate of drug-likeness (QED) is 0.696. The van der Waals surface area contributed by atoms with Crippen LogP contribution in [0.15, 0.2) is 18.2 Å². The van der Waals surface area contributed by atoms with Gasteiger partial charge in [0.25, 0.3) is 5.91 Å². The summed E-state index contributed by atoms with van der Waals surface area (Å²) >= 11 is 0. The van der Waals surface area contributed by atoms with E-state index in [2.05, 4.69) is 10.3 Å². The number of aromatic nitrogens is 1. The lowest BCUT2D eigenvalue weighted by molar-refractivity contribution is -0.119. The predicted octanol–water partition coefficient (Wildman–Crippen LogP) is 2.63. The summed E-state index contributed by atoms with van der Waals surface area (Å²) in [5.41, 5.74) is 1.92. The van der Waals surface area contributed by atoms with Crippen LogP contribution in [0.25, 0.3) is 0 Å². The van der Waals surface area contributed by atoms with Crippen LogP contribution in [0.4, 0.5) is 5.69 Å². The Labute approximate surface area is 173 Å². The van der Waals surface area contributed by atoms with Gasteiger partial charge < -0.3 is 29.2 Å². The van der Waals surface area contributed by atoms with Gasteiger partial charge in [0, 0.05) is 23.9 Å². The third-order valence-electron chi connectivity index (χ3n) is 4.64. The zero-order valence-electron chi connectivity index (χ0n) is 17.1. The van der Waals surface area contributed by atoms with Crippen molar-refractivity contribution in [1.29, 1.82) is 0 Å². The molecule has 0 saturated carbocycles. The lowest BCUT2D eigenvalue weighted by atomic mass is 10.1. The topological polar surface area (TPSA) is 116 Å². The van der Waals surface area contributed by atoms with Crippen molar-refractivity contribution in [2.75, 3.05) is 32.2 Å². The summed E-state index contributed by atoms with van der Waals surface area (Å²) in [6.45, 7) is 4.09. The average molecular weight is 416 g/mol. The SMILES string of the molecule is CCc1[nH]c(C(=O)OCC(=O)Nc2ccc3c(c2)OCCCO3)c(C)c1C(=O)OC. The van der Waals surface area contributed by atoms with Crippen LogP contribution < -0.4 is 14.8 Å². The fraction of sp³-hybridized carbons (Fsp3) is 0.381. The monoisotopic (exact) mass is 416 g/mol. The Morgan fingerprint density at radius 3 is 2.57 bits per heavy atom. The van der Waals surface area contributed by atoms with Gasteiger partial charge >= 0.3 is 11.9 Å². The normalized spacial score (nSPS) is 12.6. The minimum absolute atomic E-state index is 0.121. The molecular weight excluding hydrogens is 392 g/mol. The molecule has 0 fully saturated rings. The minimum atomic E-state index is -0.730. The number of esters is 2. The molecule has 2 N–H and O–H groups in total. The fourth-order valence-electron chi connectivity index (χ4n) is 3.15. The van der Waals surface area contributed by atoms with Crippen LogP contribution >= 0.6 is 0 Å². The molecule has 3 rings (SSSR count). The number of carbonyl (C=O) groups is 3. The highest BCUT2D eigenvalue weighted by atomic mass is 16.5. The van der Waals surface area contributed by atoms with Crippen molar-refractivity contribution in [3.8, 4) is 11.5 Å². The summed E-state index contributed by atoms with van der Waals surface area (Å²) < 4.78 is 21.0. The number of H-pyrrole nitrogens is 1. The minimum Gasteiger partial charge on any atom is -0.490 e. The molecule has 0 unspecified atom stereocenters. The van der Waals surface area contributed by atoms with E-state index in [1.165, 1.54) is 7.11 Å². The van der Waals surface area contributed by atoms with Crippen molar-refractivity contribution in [3.05, 3.63) is 40.7 Å². The molecule has 0 bridgehead atoms. The molecule has 0 aliphatic carbocycles. The van der Waals surface area contributed by atoms with Gasteiger partial charge in [-0.15, -0.1) is 0 Å². The molecule has 0 spiro atoms. The van der Waals surface area contributed by atoms with Crippen LogP contribution in [-0.4, -0.2) is 49.8 Å². The van der Waals surface area contributed by atoms with Gasteiger partial charge in [0.1, 0.15) is 5.69 Å². The molecule has 0 saturated heterocycles. The van der Waals surface area contributed by atoms with Gasteiger partial charge in [-0.2, -0.15) is 0 Å². The summed E-state index contributed by atoms with van der Waals surface area (Å²) in [7, 11) is 1.27. The molecule has 1 aliphatic rings. The number of hydrogen-bond acceptors (Lipinski definition) is 7. The van der Waals surface area contributed by atoms with Crippen molar-refractivity contribution < 1.29 is 33.3 Å². The lowest BCUT2D eigenvalue weighted by Crippen LogP contribution is -2.21. The van der Waals surface area contributed by atoms with E-state index >= 15 is 0 Å². The summed E-state index contributed by atoms with van der Waals surface area (Å²) in [4.78, 5) is 39.5. The van der Waals surface area contributed by atoms with Crippen LogP contribution in [-0.2, 0) is 20.7 Å². The maximum absolute atomic E-state index is 12.4. The van der Waals surface area contributed by atoms with Crippen LogP contribution in [0.5, 0.6) is 11.5 Å². The van der Waals surface area contributed by atoms with E-state index in [1.807, 2.05) is 6.92 Å². The standard InChI is InChI=1S/C21H24N2O7/c1-4-14-18(20(25)27-3)12(2)19(23-14)21(26)30-11-17(24)22-13-6-7-15-16(10-13)29-9-5-8-28-15/h6-7,10,23H,4-5,8-9,11H2,1-3H3,(H,22,24). The first-order chi connectivity index (χ1) is 14.4. The molecule has 9 nitrogen and oxygen atoms in total. The predicted molar refractivity (Wildman–Crippen MR) is 107 cm³/mol. The van der Waals surface area contributed by atoms with E-state index in [0.29, 0.717) is 53.6 Å². The second kappa shape index (κ2) is 9.34. The van der Waals surface area contributed by atoms with Crippen LogP contribution in [0, 0.1) is 6.92 Å². The lowest BCUT2D eigenvalue weighted by Gasteiger charge is -2.10. The molecule has 2 heterocycles. The van der Waals surface area contributed by atoms with E-state index < -0.39 is 24.5 Å². The second-order valence-electron chi connectivity index (χ2n) is 6.66. The Kier molecular flexibility index (Phi) is 6.61. The van der Waals surface area contributed by atoms with Crippen molar-refractivity contribution in [3.63, 3.8) is 0 Å². The number of ether oxygens (including phenoxy) is 4. The Balaban J connectivity index is 1.62. The first kappa shape index (κ1) is 21.2. The molecule has 0 radical (unpaired) electrons. The fourth-order valence-corrected chi connectivity index (χ4v) is 3.15. The molecule has 160 valence electrons. The van der Waals surface area contributed by atoms with Crippen molar-refractivity contribution >= 4 is 23.5 Å². The highest BCUT2D eigenvalue weighted by Crippen LogP contribution is 2.32. The number of hydrogen-bond donors (Lipinski definition) is 2. The van der Waals surface area contributed by atoms with Gasteiger partial charge in [-0.3, -0.25) is 4.79 Å². The second-order valence-corrected chi connectivity index (χ2v) is 6.66. The molecule has 2 aromatic rings. The Morgan fingerprint density at radius 1 is 1.13 bits per heavy atom. The summed E-state index contributed by atoms with van der Waals surface area (Å²) in [6.07, 6.45) is 1.28. The summed E-state index contributed by atoms with van der Waals surface area (Å²) in [5.74, 6) is -0.608. The molecule has 30 heavy (non-hydrogen) atoms. The number of nitrogens with one attached hydrogen (secondary N) is 2. The van der Waals surface area contributed by atoms with Gasteiger partial charge in [-0.1, -0.05) is 6.92 Å². The van der Waals surface area contributed by atoms with Gasteiger partial charge in [0.05, 0.1) is 25.9 Å². The largest absolute Gasteiger partial charge is 0.490 e. The van der Waals surface area contributed by atoms with Gasteiger partial charge in [-0.25, -0.2) is 9.59 Å². The third-order valence-corrected chi connectivity index (χ3v) is 4.64. The molecule has 9 heteroatoms. The third kappa shape index (κ3) is 4.56. The number of anilines is 1. The number of benzene rings is 1. The number of aryl methyl sites for hydroxylation is 1. The maximum atomic E-state index is 12.4. The van der Waals surface area contributed by atoms with Crippen LogP contribution in [0.3, 0.4) is 0 Å². The van der Waals surface area contributed by atoms with Crippen molar-refractivity contribution in [2.24, 2.45) is 0 Å². The van der Waals surface area contributed by atoms with Crippen molar-refractivity contribution in [1.82, 2.24) is 4.98 Å². The zero-order chi connectivity index (χ0) is 21.7. The van der Waals surface area contributed by atoms with Crippen LogP contribution in [0.2, 0.25) is 0 Å². The number of carbonyl (C=O) groups excluding carboxylic acids is 3. The first-order valence-corrected chi connectivity index (χ1v) is 9.61. The highest BCUT2D eigenvalue weighted by Gasteiger charge is 2.25. The Bertz CT molecular complexity index is 965. The average Bonchev–Trinajstić information content (AvgIpc) is 2.91. The van der Waals surface area contributed by atoms with E-state index in [1.54, 1.807) is 25.1 Å². The number of methoxy groups -OCH3 is 1. The van der Waals surface area contributed by atoms with Gasteiger partial charge in [0.15, 0.2) is 18.1 Å². The van der Waals surface area contributed by atoms with E-state index in [9.17, 15) is 14.4 Å². The number of rotatable bonds is 6. The highest BCUT2D eigenvalue weighted by molar-refractivity contribution is 6.00. The number of aromatic amines is 1. The molecule has 1 aromatic heterocycles. The summed E-state index contributed by atoms with van der Waals surface area (Å²) in [6, 6.07) is 5.05. The Morgan fingerprint density at radius 2 is 1.87 bits per heavy atom. The number of fused-ring (bicyclic) bond motifs is 1. The zero-order valence-corrected chi connectivity index (χ0v) is 17.1. The Hall–Kier alpha value is -3.49. The van der Waals surface area contributed by atoms with Gasteiger partial charge in [-0.05, 0) is 31.0 Å². The number of amides is 1. The van der Waals surface area contributed by atoms with Crippen LogP contribution in [0.1, 0.15) is 45.4 Å². The van der Waals surface area contributed by atoms with E-state index in [-0.39, 0.29) is 5.69 Å². The molecule has 1 aliphatic heterocycles. The molecule has 0 atom stereocenters. The molecule has 1 aromatic carbocycles. The van der Waals surface area contributed by atoms with Crippen molar-refractivity contribution in [2.45, 2.75) is 26.7 Å². The summed E-state index contributed by atoms with van der Waals surface area (Å²) in [5, 5.41) is 2.65. The smallest absolute Gasteiger partial charge is 0.355 e. The van der Waals surface area contributed by atoms with Gasteiger partial charge in [0.2, 0.25) is 0 Å². The first-order valence-electron chi connectivity index (χ1n) is 9.61. The van der Waals surface area contributed by atoms with E-state index in [0.717, 1.165) is 6.42 Å². The van der Waals surface area contributed by atoms with E-state index in [4.69, 9.17) is 18.9 Å². The maximum Gasteiger partial charge on any atom is 0.355 e.